The van der Waals surface area contributed by atoms with Crippen molar-refractivity contribution >= 4 is 5.97 Å². The number of hydrogen-bond donors (Lipinski definition) is 0. The predicted molar refractivity (Wildman–Crippen MR) is 66.4 cm³/mol. The van der Waals surface area contributed by atoms with Crippen LogP contribution in [-0.4, -0.2) is 30.6 Å². The highest BCUT2D eigenvalue weighted by atomic mass is 19.2. The third-order valence-corrected chi connectivity index (χ3v) is 3.49. The summed E-state index contributed by atoms with van der Waals surface area (Å²) >= 11 is 0. The van der Waals surface area contributed by atoms with E-state index in [2.05, 4.69) is 0 Å². The van der Waals surface area contributed by atoms with E-state index in [1.165, 1.54) is 13.2 Å². The highest BCUT2D eigenvalue weighted by molar-refractivity contribution is 5.75. The first-order valence-corrected chi connectivity index (χ1v) is 6.38. The Bertz CT molecular complexity index is 465. The minimum atomic E-state index is -0.857. The molecule has 0 aliphatic carbocycles. The molecule has 104 valence electrons. The van der Waals surface area contributed by atoms with Crippen molar-refractivity contribution in [3.8, 4) is 0 Å². The molecule has 1 heterocycles. The molecule has 1 aliphatic rings. The lowest BCUT2D eigenvalue weighted by Crippen LogP contribution is -2.44. The van der Waals surface area contributed by atoms with E-state index in [9.17, 15) is 13.6 Å². The standard InChI is InChI=1S/C14H17F2NO2/c1-19-14(18)12-7-2-3-8-17(12)9-10-5-4-6-11(15)13(10)16/h4-6,12H,2-3,7-9H2,1H3/t12-/m1/s1. The van der Waals surface area contributed by atoms with Gasteiger partial charge in [0.25, 0.3) is 0 Å². The molecule has 1 aliphatic heterocycles. The normalized spacial score (nSPS) is 20.3. The van der Waals surface area contributed by atoms with E-state index in [0.29, 0.717) is 13.0 Å². The van der Waals surface area contributed by atoms with Gasteiger partial charge in [0.2, 0.25) is 0 Å². The van der Waals surface area contributed by atoms with Gasteiger partial charge in [-0.05, 0) is 25.5 Å². The van der Waals surface area contributed by atoms with Gasteiger partial charge in [-0.2, -0.15) is 0 Å². The highest BCUT2D eigenvalue weighted by Gasteiger charge is 2.30. The number of piperidine rings is 1. The summed E-state index contributed by atoms with van der Waals surface area (Å²) in [6, 6.07) is 3.75. The molecule has 3 nitrogen and oxygen atoms in total. The van der Waals surface area contributed by atoms with E-state index in [-0.39, 0.29) is 24.1 Å². The van der Waals surface area contributed by atoms with Crippen LogP contribution in [0.1, 0.15) is 24.8 Å². The summed E-state index contributed by atoms with van der Waals surface area (Å²) in [6.45, 7) is 0.916. The van der Waals surface area contributed by atoms with E-state index in [1.807, 2.05) is 4.90 Å². The van der Waals surface area contributed by atoms with Crippen LogP contribution in [0.3, 0.4) is 0 Å². The molecule has 0 radical (unpaired) electrons. The fraction of sp³-hybridized carbons (Fsp3) is 0.500. The Hall–Kier alpha value is -1.49. The topological polar surface area (TPSA) is 29.5 Å². The largest absolute Gasteiger partial charge is 0.468 e. The number of carbonyl (C=O) groups is 1. The summed E-state index contributed by atoms with van der Waals surface area (Å²) in [7, 11) is 1.35. The molecule has 2 rings (SSSR count). The average Bonchev–Trinajstić information content (AvgIpc) is 2.43. The van der Waals surface area contributed by atoms with Crippen molar-refractivity contribution in [2.75, 3.05) is 13.7 Å². The third-order valence-electron chi connectivity index (χ3n) is 3.49. The molecule has 1 aromatic carbocycles. The quantitative estimate of drug-likeness (QED) is 0.790. The third kappa shape index (κ3) is 3.10. The van der Waals surface area contributed by atoms with E-state index >= 15 is 0 Å². The van der Waals surface area contributed by atoms with Crippen molar-refractivity contribution in [1.29, 1.82) is 0 Å². The Morgan fingerprint density at radius 2 is 2.21 bits per heavy atom. The maximum atomic E-state index is 13.6. The molecule has 0 saturated carbocycles. The van der Waals surface area contributed by atoms with Gasteiger partial charge in [0.15, 0.2) is 11.6 Å². The van der Waals surface area contributed by atoms with Gasteiger partial charge < -0.3 is 4.74 Å². The highest BCUT2D eigenvalue weighted by Crippen LogP contribution is 2.22. The summed E-state index contributed by atoms with van der Waals surface area (Å²) in [4.78, 5) is 13.5. The molecular weight excluding hydrogens is 252 g/mol. The zero-order valence-electron chi connectivity index (χ0n) is 10.9. The zero-order chi connectivity index (χ0) is 13.8. The lowest BCUT2D eigenvalue weighted by molar-refractivity contribution is -0.148. The van der Waals surface area contributed by atoms with Gasteiger partial charge in [-0.1, -0.05) is 18.6 Å². The first-order chi connectivity index (χ1) is 9.13. The minimum Gasteiger partial charge on any atom is -0.468 e. The molecule has 1 fully saturated rings. The summed E-state index contributed by atoms with van der Waals surface area (Å²) in [6.07, 6.45) is 2.59. The molecule has 0 unspecified atom stereocenters. The number of carbonyl (C=O) groups excluding carboxylic acids is 1. The van der Waals surface area contributed by atoms with Crippen LogP contribution in [0.15, 0.2) is 18.2 Å². The second-order valence-corrected chi connectivity index (χ2v) is 4.72. The van der Waals surface area contributed by atoms with Crippen molar-refractivity contribution in [2.45, 2.75) is 31.8 Å². The molecule has 1 atom stereocenters. The maximum Gasteiger partial charge on any atom is 0.323 e. The average molecular weight is 269 g/mol. The number of benzene rings is 1. The first-order valence-electron chi connectivity index (χ1n) is 6.38. The van der Waals surface area contributed by atoms with Crippen molar-refractivity contribution in [2.24, 2.45) is 0 Å². The predicted octanol–water partition coefficient (Wildman–Crippen LogP) is 2.49. The summed E-state index contributed by atoms with van der Waals surface area (Å²) in [5, 5.41) is 0. The van der Waals surface area contributed by atoms with Crippen LogP contribution in [0.25, 0.3) is 0 Å². The molecule has 0 N–H and O–H groups in total. The zero-order valence-corrected chi connectivity index (χ0v) is 10.9. The SMILES string of the molecule is COC(=O)[C@H]1CCCCN1Cc1cccc(F)c1F. The van der Waals surface area contributed by atoms with Crippen LogP contribution >= 0.6 is 0 Å². The number of likely N-dealkylation sites (tertiary alicyclic amines) is 1. The monoisotopic (exact) mass is 269 g/mol. The number of rotatable bonds is 3. The second kappa shape index (κ2) is 6.10. The van der Waals surface area contributed by atoms with Gasteiger partial charge in [-0.15, -0.1) is 0 Å². The maximum absolute atomic E-state index is 13.6. The number of esters is 1. The van der Waals surface area contributed by atoms with Crippen molar-refractivity contribution in [3.63, 3.8) is 0 Å². The van der Waals surface area contributed by atoms with Crippen LogP contribution in [0.2, 0.25) is 0 Å². The number of hydrogen-bond acceptors (Lipinski definition) is 3. The van der Waals surface area contributed by atoms with Gasteiger partial charge in [0.1, 0.15) is 6.04 Å². The summed E-state index contributed by atoms with van der Waals surface area (Å²) in [5.74, 6) is -2.00. The molecule has 19 heavy (non-hydrogen) atoms. The number of methoxy groups -OCH3 is 1. The Labute approximate surface area is 111 Å². The van der Waals surface area contributed by atoms with Crippen LogP contribution in [0.4, 0.5) is 8.78 Å². The number of nitrogens with zero attached hydrogens (tertiary/aromatic N) is 1. The van der Waals surface area contributed by atoms with Crippen LogP contribution in [-0.2, 0) is 16.1 Å². The summed E-state index contributed by atoms with van der Waals surface area (Å²) < 4.78 is 31.6. The Balaban J connectivity index is 2.15. The fourth-order valence-electron chi connectivity index (χ4n) is 2.47. The second-order valence-electron chi connectivity index (χ2n) is 4.72. The summed E-state index contributed by atoms with van der Waals surface area (Å²) in [5.41, 5.74) is 0.274. The fourth-order valence-corrected chi connectivity index (χ4v) is 2.47. The Kier molecular flexibility index (Phi) is 4.47. The van der Waals surface area contributed by atoms with Crippen molar-refractivity contribution < 1.29 is 18.3 Å². The van der Waals surface area contributed by atoms with Gasteiger partial charge >= 0.3 is 5.97 Å². The van der Waals surface area contributed by atoms with Crippen LogP contribution in [0.5, 0.6) is 0 Å². The van der Waals surface area contributed by atoms with Crippen LogP contribution in [0, 0.1) is 11.6 Å². The van der Waals surface area contributed by atoms with Gasteiger partial charge in [-0.3, -0.25) is 9.69 Å². The Morgan fingerprint density at radius 3 is 2.95 bits per heavy atom. The Morgan fingerprint density at radius 1 is 1.42 bits per heavy atom. The van der Waals surface area contributed by atoms with Gasteiger partial charge in [0, 0.05) is 12.1 Å². The first kappa shape index (κ1) is 13.9. The van der Waals surface area contributed by atoms with Crippen molar-refractivity contribution in [3.05, 3.63) is 35.4 Å². The molecule has 1 saturated heterocycles. The van der Waals surface area contributed by atoms with Crippen molar-refractivity contribution in [1.82, 2.24) is 4.90 Å². The number of halogens is 2. The smallest absolute Gasteiger partial charge is 0.323 e. The molecule has 0 amide bonds. The molecule has 0 spiro atoms. The van der Waals surface area contributed by atoms with Crippen LogP contribution < -0.4 is 0 Å². The van der Waals surface area contributed by atoms with E-state index in [1.54, 1.807) is 6.07 Å². The van der Waals surface area contributed by atoms with E-state index in [4.69, 9.17) is 4.74 Å². The van der Waals surface area contributed by atoms with E-state index in [0.717, 1.165) is 18.9 Å². The molecular formula is C14H17F2NO2. The molecule has 5 heteroatoms. The molecule has 0 aromatic heterocycles. The minimum absolute atomic E-state index is 0.226. The van der Waals surface area contributed by atoms with Gasteiger partial charge in [0.05, 0.1) is 7.11 Å². The van der Waals surface area contributed by atoms with E-state index < -0.39 is 11.6 Å². The molecule has 0 bridgehead atoms. The number of ether oxygens (including phenoxy) is 1. The molecule has 1 aromatic rings. The lowest BCUT2D eigenvalue weighted by atomic mass is 10.0. The lowest BCUT2D eigenvalue weighted by Gasteiger charge is -2.33. The van der Waals surface area contributed by atoms with Gasteiger partial charge in [-0.25, -0.2) is 8.78 Å².